The highest BCUT2D eigenvalue weighted by molar-refractivity contribution is 6.08. The van der Waals surface area contributed by atoms with Gasteiger partial charge >= 0.3 is 0 Å². The molecule has 3 N–H and O–H groups in total. The van der Waals surface area contributed by atoms with Gasteiger partial charge in [-0.05, 0) is 38.8 Å². The molecule has 152 valence electrons. The highest BCUT2D eigenvalue weighted by Crippen LogP contribution is 2.35. The van der Waals surface area contributed by atoms with Crippen LogP contribution in [0.5, 0.6) is 0 Å². The van der Waals surface area contributed by atoms with Gasteiger partial charge in [-0.3, -0.25) is 9.59 Å². The molecule has 2 aromatic rings. The van der Waals surface area contributed by atoms with E-state index in [2.05, 4.69) is 62.0 Å². The van der Waals surface area contributed by atoms with Crippen molar-refractivity contribution in [2.75, 3.05) is 0 Å². The predicted molar refractivity (Wildman–Crippen MR) is 118 cm³/mol. The Labute approximate surface area is 172 Å². The zero-order chi connectivity index (χ0) is 21.3. The van der Waals surface area contributed by atoms with Crippen molar-refractivity contribution in [2.45, 2.75) is 52.5 Å². The number of hydrogen-bond donors (Lipinski definition) is 3. The fourth-order valence-electron chi connectivity index (χ4n) is 3.43. The van der Waals surface area contributed by atoms with E-state index >= 15 is 0 Å². The largest absolute Gasteiger partial charge is 0.357 e. The second-order valence-corrected chi connectivity index (χ2v) is 8.41. The van der Waals surface area contributed by atoms with Crippen LogP contribution in [-0.2, 0) is 21.4 Å². The van der Waals surface area contributed by atoms with Gasteiger partial charge in [0.05, 0.1) is 0 Å². The first-order chi connectivity index (χ1) is 13.6. The molecule has 1 aliphatic rings. The maximum Gasteiger partial charge on any atom is 0.268 e. The molecular formula is C24H29N3O2. The summed E-state index contributed by atoms with van der Waals surface area (Å²) in [5.74, 6) is -0.501. The minimum absolute atomic E-state index is 0.218. The molecule has 0 radical (unpaired) electrons. The van der Waals surface area contributed by atoms with Crippen molar-refractivity contribution < 1.29 is 9.59 Å². The molecule has 0 unspecified atom stereocenters. The molecule has 1 aromatic heterocycles. The van der Waals surface area contributed by atoms with E-state index in [4.69, 9.17) is 0 Å². The van der Waals surface area contributed by atoms with E-state index in [0.717, 1.165) is 28.6 Å². The number of aromatic nitrogens is 1. The summed E-state index contributed by atoms with van der Waals surface area (Å²) < 4.78 is 0. The van der Waals surface area contributed by atoms with Crippen molar-refractivity contribution in [3.63, 3.8) is 0 Å². The van der Waals surface area contributed by atoms with E-state index < -0.39 is 6.04 Å². The number of para-hydroxylation sites is 1. The third-order valence-corrected chi connectivity index (χ3v) is 5.38. The Bertz CT molecular complexity index is 1050. The van der Waals surface area contributed by atoms with Crippen molar-refractivity contribution in [3.8, 4) is 0 Å². The standard InChI is InChI=1S/C24H29N3O2/c1-7-24(5,6)21-18(13-19-23(29)25-15(4)22(28)26-19)17-10-8-9-16(20(17)27-21)12-11-14(2)3/h7-11,13,15,27H,1,12H2,2-6H3,(H,25,29)(H,26,28)/b19-13-/t15-/m1/s1. The summed E-state index contributed by atoms with van der Waals surface area (Å²) in [6, 6.07) is 5.63. The van der Waals surface area contributed by atoms with Gasteiger partial charge in [-0.25, -0.2) is 0 Å². The van der Waals surface area contributed by atoms with E-state index in [9.17, 15) is 9.59 Å². The summed E-state index contributed by atoms with van der Waals surface area (Å²) in [6.45, 7) is 14.0. The zero-order valence-corrected chi connectivity index (χ0v) is 17.8. The van der Waals surface area contributed by atoms with Crippen molar-refractivity contribution in [3.05, 3.63) is 65.0 Å². The topological polar surface area (TPSA) is 74.0 Å². The highest BCUT2D eigenvalue weighted by Gasteiger charge is 2.29. The summed E-state index contributed by atoms with van der Waals surface area (Å²) in [5.41, 5.74) is 5.24. The number of amides is 2. The summed E-state index contributed by atoms with van der Waals surface area (Å²) in [6.07, 6.45) is 6.67. The average Bonchev–Trinajstić information content (AvgIpc) is 3.04. The molecule has 5 nitrogen and oxygen atoms in total. The number of carbonyl (C=O) groups is 2. The third-order valence-electron chi connectivity index (χ3n) is 5.38. The minimum atomic E-state index is -0.539. The Balaban J connectivity index is 2.23. The molecule has 0 aliphatic carbocycles. The van der Waals surface area contributed by atoms with Crippen LogP contribution in [0.3, 0.4) is 0 Å². The minimum Gasteiger partial charge on any atom is -0.357 e. The number of nitrogens with one attached hydrogen (secondary N) is 3. The predicted octanol–water partition coefficient (Wildman–Crippen LogP) is 4.12. The lowest BCUT2D eigenvalue weighted by molar-refractivity contribution is -0.130. The van der Waals surface area contributed by atoms with Crippen LogP contribution in [0.25, 0.3) is 17.0 Å². The molecule has 1 atom stereocenters. The smallest absolute Gasteiger partial charge is 0.268 e. The first-order valence-corrected chi connectivity index (χ1v) is 9.88. The number of hydrogen-bond acceptors (Lipinski definition) is 2. The molecule has 0 spiro atoms. The Morgan fingerprint density at radius 2 is 1.97 bits per heavy atom. The molecule has 1 aromatic carbocycles. The van der Waals surface area contributed by atoms with Crippen LogP contribution >= 0.6 is 0 Å². The number of piperazine rings is 1. The second kappa shape index (κ2) is 7.74. The van der Waals surface area contributed by atoms with Crippen LogP contribution in [0.2, 0.25) is 0 Å². The van der Waals surface area contributed by atoms with Crippen molar-refractivity contribution in [1.29, 1.82) is 0 Å². The van der Waals surface area contributed by atoms with Crippen LogP contribution in [0.1, 0.15) is 51.4 Å². The fourth-order valence-corrected chi connectivity index (χ4v) is 3.43. The van der Waals surface area contributed by atoms with Crippen LogP contribution in [0, 0.1) is 0 Å². The number of carbonyl (C=O) groups excluding carboxylic acids is 2. The average molecular weight is 392 g/mol. The maximum atomic E-state index is 12.5. The summed E-state index contributed by atoms with van der Waals surface area (Å²) >= 11 is 0. The van der Waals surface area contributed by atoms with E-state index in [1.165, 1.54) is 11.1 Å². The molecule has 0 saturated carbocycles. The van der Waals surface area contributed by atoms with Gasteiger partial charge in [0.1, 0.15) is 11.7 Å². The lowest BCUT2D eigenvalue weighted by atomic mass is 9.86. The Morgan fingerprint density at radius 1 is 1.24 bits per heavy atom. The molecule has 2 amide bonds. The molecular weight excluding hydrogens is 362 g/mol. The number of allylic oxidation sites excluding steroid dienone is 3. The van der Waals surface area contributed by atoms with E-state index in [-0.39, 0.29) is 22.9 Å². The zero-order valence-electron chi connectivity index (χ0n) is 17.8. The number of fused-ring (bicyclic) bond motifs is 1. The lowest BCUT2D eigenvalue weighted by Gasteiger charge is -2.23. The maximum absolute atomic E-state index is 12.5. The first-order valence-electron chi connectivity index (χ1n) is 9.88. The van der Waals surface area contributed by atoms with Crippen LogP contribution in [-0.4, -0.2) is 22.8 Å². The van der Waals surface area contributed by atoms with Crippen molar-refractivity contribution >= 4 is 28.8 Å². The Morgan fingerprint density at radius 3 is 2.62 bits per heavy atom. The van der Waals surface area contributed by atoms with Gasteiger partial charge in [0, 0.05) is 27.6 Å². The number of H-pyrrole nitrogens is 1. The molecule has 1 aliphatic heterocycles. The lowest BCUT2D eigenvalue weighted by Crippen LogP contribution is -2.53. The molecule has 2 heterocycles. The number of aromatic amines is 1. The van der Waals surface area contributed by atoms with Gasteiger partial charge in [0.25, 0.3) is 5.91 Å². The Hall–Kier alpha value is -3.08. The summed E-state index contributed by atoms with van der Waals surface area (Å²) in [5, 5.41) is 6.45. The number of benzene rings is 1. The van der Waals surface area contributed by atoms with E-state index in [1.54, 1.807) is 13.0 Å². The van der Waals surface area contributed by atoms with Gasteiger partial charge < -0.3 is 15.6 Å². The molecule has 29 heavy (non-hydrogen) atoms. The first kappa shape index (κ1) is 20.6. The molecule has 1 fully saturated rings. The van der Waals surface area contributed by atoms with Crippen molar-refractivity contribution in [1.82, 2.24) is 15.6 Å². The molecule has 3 rings (SSSR count). The van der Waals surface area contributed by atoms with Gasteiger partial charge in [-0.15, -0.1) is 6.58 Å². The molecule has 1 saturated heterocycles. The third kappa shape index (κ3) is 4.04. The summed E-state index contributed by atoms with van der Waals surface area (Å²) in [7, 11) is 0. The summed E-state index contributed by atoms with van der Waals surface area (Å²) in [4.78, 5) is 28.1. The van der Waals surface area contributed by atoms with Crippen molar-refractivity contribution in [2.24, 2.45) is 0 Å². The monoisotopic (exact) mass is 391 g/mol. The van der Waals surface area contributed by atoms with Gasteiger partial charge in [0.15, 0.2) is 0 Å². The number of rotatable bonds is 5. The van der Waals surface area contributed by atoms with Crippen LogP contribution in [0.15, 0.2) is 48.2 Å². The van der Waals surface area contributed by atoms with Gasteiger partial charge in [0.2, 0.25) is 5.91 Å². The molecule has 0 bridgehead atoms. The fraction of sp³-hybridized carbons (Fsp3) is 0.333. The second-order valence-electron chi connectivity index (χ2n) is 8.41. The van der Waals surface area contributed by atoms with Crippen LogP contribution in [0.4, 0.5) is 0 Å². The highest BCUT2D eigenvalue weighted by atomic mass is 16.2. The van der Waals surface area contributed by atoms with Gasteiger partial charge in [-0.1, -0.05) is 49.8 Å². The quantitative estimate of drug-likeness (QED) is 0.530. The molecule has 5 heteroatoms. The SMILES string of the molecule is C=CC(C)(C)c1[nH]c2c(CC=C(C)C)cccc2c1/C=C1\NC(=O)[C@@H](C)NC1=O. The van der Waals surface area contributed by atoms with E-state index in [0.29, 0.717) is 0 Å². The Kier molecular flexibility index (Phi) is 5.51. The van der Waals surface area contributed by atoms with Crippen LogP contribution < -0.4 is 10.6 Å². The normalized spacial score (nSPS) is 18.5. The van der Waals surface area contributed by atoms with E-state index in [1.807, 2.05) is 18.2 Å². The van der Waals surface area contributed by atoms with Gasteiger partial charge in [-0.2, -0.15) is 0 Å².